The molecular weight excluding hydrogens is 442 g/mol. The van der Waals surface area contributed by atoms with E-state index < -0.39 is 10.0 Å². The van der Waals surface area contributed by atoms with E-state index in [1.807, 2.05) is 30.0 Å². The standard InChI is InChI=1S/C20H20BrN3O3S/c1-3-9-23-13(2)22-28(26,27)19-12-15(4-6-18(19)23)20(25)24-10-8-14-11-16(21)5-7-17(14)24/h4-7,11-12H,3,8-10H2,1-2H3. The maximum atomic E-state index is 13.1. The number of amides is 1. The van der Waals surface area contributed by atoms with E-state index >= 15 is 0 Å². The van der Waals surface area contributed by atoms with Crippen LogP contribution < -0.4 is 9.80 Å². The minimum Gasteiger partial charge on any atom is -0.328 e. The molecule has 2 aromatic carbocycles. The van der Waals surface area contributed by atoms with Crippen LogP contribution in [0, 0.1) is 0 Å². The number of anilines is 2. The Hall–Kier alpha value is -2.19. The van der Waals surface area contributed by atoms with Gasteiger partial charge in [0.25, 0.3) is 15.9 Å². The highest BCUT2D eigenvalue weighted by Gasteiger charge is 2.31. The number of fused-ring (bicyclic) bond motifs is 2. The SMILES string of the molecule is CCCN1C(C)=NS(=O)(=O)c2cc(C(=O)N3CCc4cc(Br)ccc43)ccc21. The average molecular weight is 462 g/mol. The van der Waals surface area contributed by atoms with Crippen LogP contribution >= 0.6 is 15.9 Å². The molecule has 4 rings (SSSR count). The fourth-order valence-corrected chi connectivity index (χ4v) is 5.44. The number of hydrogen-bond acceptors (Lipinski definition) is 4. The molecule has 0 atom stereocenters. The van der Waals surface area contributed by atoms with Gasteiger partial charge in [-0.2, -0.15) is 8.42 Å². The zero-order valence-electron chi connectivity index (χ0n) is 15.6. The highest BCUT2D eigenvalue weighted by molar-refractivity contribution is 9.10. The molecule has 0 aliphatic carbocycles. The number of benzene rings is 2. The first kappa shape index (κ1) is 19.1. The van der Waals surface area contributed by atoms with Gasteiger partial charge in [0.2, 0.25) is 0 Å². The Morgan fingerprint density at radius 2 is 1.93 bits per heavy atom. The molecular formula is C20H20BrN3O3S. The first-order valence-corrected chi connectivity index (χ1v) is 11.4. The van der Waals surface area contributed by atoms with Crippen LogP contribution in [0.5, 0.6) is 0 Å². The number of carbonyl (C=O) groups excluding carboxylic acids is 1. The number of nitrogens with zero attached hydrogens (tertiary/aromatic N) is 3. The Labute approximate surface area is 173 Å². The Morgan fingerprint density at radius 3 is 2.68 bits per heavy atom. The first-order valence-electron chi connectivity index (χ1n) is 9.15. The van der Waals surface area contributed by atoms with Gasteiger partial charge in [0.05, 0.1) is 5.69 Å². The molecule has 0 aromatic heterocycles. The Morgan fingerprint density at radius 1 is 1.18 bits per heavy atom. The maximum Gasteiger partial charge on any atom is 0.286 e. The Kier molecular flexibility index (Phi) is 4.79. The van der Waals surface area contributed by atoms with Gasteiger partial charge in [-0.3, -0.25) is 4.79 Å². The topological polar surface area (TPSA) is 70.0 Å². The third-order valence-corrected chi connectivity index (χ3v) is 6.93. The minimum atomic E-state index is -3.82. The van der Waals surface area contributed by atoms with E-state index in [2.05, 4.69) is 20.3 Å². The second-order valence-corrected chi connectivity index (χ2v) is 9.42. The number of carbonyl (C=O) groups is 1. The third-order valence-electron chi connectivity index (χ3n) is 5.05. The molecule has 2 heterocycles. The van der Waals surface area contributed by atoms with E-state index in [1.54, 1.807) is 24.0 Å². The molecule has 146 valence electrons. The van der Waals surface area contributed by atoms with E-state index in [0.29, 0.717) is 30.2 Å². The van der Waals surface area contributed by atoms with Crippen molar-refractivity contribution in [3.05, 3.63) is 52.0 Å². The molecule has 0 spiro atoms. The summed E-state index contributed by atoms with van der Waals surface area (Å²) in [5.41, 5.74) is 2.90. The van der Waals surface area contributed by atoms with E-state index in [0.717, 1.165) is 28.6 Å². The van der Waals surface area contributed by atoms with E-state index in [1.165, 1.54) is 6.07 Å². The molecule has 6 nitrogen and oxygen atoms in total. The molecule has 0 saturated heterocycles. The summed E-state index contributed by atoms with van der Waals surface area (Å²) in [6.07, 6.45) is 1.63. The van der Waals surface area contributed by atoms with Gasteiger partial charge in [-0.25, -0.2) is 0 Å². The van der Waals surface area contributed by atoms with Gasteiger partial charge < -0.3 is 9.80 Å². The van der Waals surface area contributed by atoms with Crippen molar-refractivity contribution in [2.45, 2.75) is 31.6 Å². The molecule has 8 heteroatoms. The van der Waals surface area contributed by atoms with Crippen LogP contribution in [0.25, 0.3) is 0 Å². The smallest absolute Gasteiger partial charge is 0.286 e. The molecule has 0 radical (unpaired) electrons. The molecule has 0 fully saturated rings. The summed E-state index contributed by atoms with van der Waals surface area (Å²) in [6, 6.07) is 10.7. The van der Waals surface area contributed by atoms with Crippen molar-refractivity contribution in [1.29, 1.82) is 0 Å². The van der Waals surface area contributed by atoms with Crippen molar-refractivity contribution in [3.8, 4) is 0 Å². The molecule has 2 aliphatic heterocycles. The van der Waals surface area contributed by atoms with Crippen LogP contribution in [0.1, 0.15) is 36.2 Å². The maximum absolute atomic E-state index is 13.1. The largest absolute Gasteiger partial charge is 0.328 e. The van der Waals surface area contributed by atoms with E-state index in [-0.39, 0.29) is 10.8 Å². The lowest BCUT2D eigenvalue weighted by Gasteiger charge is -2.29. The summed E-state index contributed by atoms with van der Waals surface area (Å²) < 4.78 is 30.1. The van der Waals surface area contributed by atoms with E-state index in [9.17, 15) is 13.2 Å². The number of hydrogen-bond donors (Lipinski definition) is 0. The van der Waals surface area contributed by atoms with Crippen LogP contribution in [-0.4, -0.2) is 33.3 Å². The highest BCUT2D eigenvalue weighted by Crippen LogP contribution is 2.35. The predicted octanol–water partition coefficient (Wildman–Crippen LogP) is 3.99. The lowest BCUT2D eigenvalue weighted by molar-refractivity contribution is 0.0989. The Bertz CT molecular complexity index is 1110. The Balaban J connectivity index is 1.74. The van der Waals surface area contributed by atoms with Crippen LogP contribution in [-0.2, 0) is 16.4 Å². The van der Waals surface area contributed by atoms with Crippen LogP contribution in [0.3, 0.4) is 0 Å². The van der Waals surface area contributed by atoms with Gasteiger partial charge in [0.1, 0.15) is 10.7 Å². The van der Waals surface area contributed by atoms with Crippen molar-refractivity contribution in [1.82, 2.24) is 0 Å². The molecule has 0 N–H and O–H groups in total. The monoisotopic (exact) mass is 461 g/mol. The van der Waals surface area contributed by atoms with Gasteiger partial charge in [0.15, 0.2) is 0 Å². The molecule has 1 amide bonds. The van der Waals surface area contributed by atoms with Gasteiger partial charge in [-0.15, -0.1) is 4.40 Å². The van der Waals surface area contributed by atoms with Crippen molar-refractivity contribution in [3.63, 3.8) is 0 Å². The van der Waals surface area contributed by atoms with Crippen LogP contribution in [0.2, 0.25) is 0 Å². The van der Waals surface area contributed by atoms with Gasteiger partial charge >= 0.3 is 0 Å². The van der Waals surface area contributed by atoms with Crippen molar-refractivity contribution in [2.75, 3.05) is 22.9 Å². The second-order valence-electron chi connectivity index (χ2n) is 6.93. The summed E-state index contributed by atoms with van der Waals surface area (Å²) >= 11 is 3.46. The normalized spacial score (nSPS) is 17.2. The number of halogens is 1. The molecule has 0 bridgehead atoms. The zero-order chi connectivity index (χ0) is 20.1. The third kappa shape index (κ3) is 3.14. The minimum absolute atomic E-state index is 0.0904. The number of rotatable bonds is 3. The summed E-state index contributed by atoms with van der Waals surface area (Å²) in [5, 5.41) is 0. The molecule has 28 heavy (non-hydrogen) atoms. The van der Waals surface area contributed by atoms with Crippen LogP contribution in [0.15, 0.2) is 50.2 Å². The van der Waals surface area contributed by atoms with Crippen molar-refractivity contribution < 1.29 is 13.2 Å². The van der Waals surface area contributed by atoms with Gasteiger partial charge in [0, 0.05) is 28.8 Å². The zero-order valence-corrected chi connectivity index (χ0v) is 18.0. The van der Waals surface area contributed by atoms with Crippen molar-refractivity contribution >= 4 is 49.1 Å². The summed E-state index contributed by atoms with van der Waals surface area (Å²) in [4.78, 5) is 16.8. The fraction of sp³-hybridized carbons (Fsp3) is 0.300. The van der Waals surface area contributed by atoms with Gasteiger partial charge in [-0.1, -0.05) is 22.9 Å². The molecule has 2 aromatic rings. The quantitative estimate of drug-likeness (QED) is 0.692. The fourth-order valence-electron chi connectivity index (χ4n) is 3.77. The first-order chi connectivity index (χ1) is 13.3. The van der Waals surface area contributed by atoms with Gasteiger partial charge in [-0.05, 0) is 61.7 Å². The van der Waals surface area contributed by atoms with E-state index in [4.69, 9.17) is 0 Å². The molecule has 2 aliphatic rings. The lowest BCUT2D eigenvalue weighted by Crippen LogP contribution is -2.35. The molecule has 0 saturated carbocycles. The lowest BCUT2D eigenvalue weighted by atomic mass is 10.1. The number of sulfonamides is 1. The summed E-state index contributed by atoms with van der Waals surface area (Å²) in [6.45, 7) is 4.96. The predicted molar refractivity (Wildman–Crippen MR) is 114 cm³/mol. The summed E-state index contributed by atoms with van der Waals surface area (Å²) in [7, 11) is -3.82. The second kappa shape index (κ2) is 7.00. The highest BCUT2D eigenvalue weighted by atomic mass is 79.9. The average Bonchev–Trinajstić information content (AvgIpc) is 3.06. The summed E-state index contributed by atoms with van der Waals surface area (Å²) in [5.74, 6) is 0.250. The van der Waals surface area contributed by atoms with Crippen molar-refractivity contribution in [2.24, 2.45) is 4.40 Å². The number of amidine groups is 1. The molecule has 0 unspecified atom stereocenters. The van der Waals surface area contributed by atoms with Crippen LogP contribution in [0.4, 0.5) is 11.4 Å².